The van der Waals surface area contributed by atoms with Crippen LogP contribution < -0.4 is 10.7 Å². The molecule has 0 aliphatic rings. The number of rotatable bonds is 5. The van der Waals surface area contributed by atoms with Crippen LogP contribution in [0.4, 0.5) is 5.69 Å². The van der Waals surface area contributed by atoms with Crippen molar-refractivity contribution in [3.8, 4) is 0 Å². The Morgan fingerprint density at radius 2 is 2.00 bits per heavy atom. The average Bonchev–Trinajstić information content (AvgIpc) is 2.64. The smallest absolute Gasteiger partial charge is 0.261 e. The first-order valence-electron chi connectivity index (χ1n) is 8.68. The van der Waals surface area contributed by atoms with Gasteiger partial charge < -0.3 is 10.3 Å². The Kier molecular flexibility index (Phi) is 5.47. The van der Waals surface area contributed by atoms with Crippen LogP contribution in [0.5, 0.6) is 0 Å². The molecule has 0 spiro atoms. The number of anilines is 1. The van der Waals surface area contributed by atoms with Crippen molar-refractivity contribution in [2.45, 2.75) is 37.3 Å². The van der Waals surface area contributed by atoms with Gasteiger partial charge in [0.2, 0.25) is 5.43 Å². The summed E-state index contributed by atoms with van der Waals surface area (Å²) in [5.74, 6) is -0.401. The Bertz CT molecular complexity index is 1010. The maximum Gasteiger partial charge on any atom is 0.261 e. The van der Waals surface area contributed by atoms with E-state index in [4.69, 9.17) is 0 Å². The third-order valence-electron chi connectivity index (χ3n) is 4.39. The summed E-state index contributed by atoms with van der Waals surface area (Å²) in [4.78, 5) is 29.4. The van der Waals surface area contributed by atoms with Gasteiger partial charge in [-0.15, -0.1) is 11.8 Å². The van der Waals surface area contributed by atoms with E-state index in [-0.39, 0.29) is 11.0 Å². The standard InChI is InChI=1S/C21H22N2O2S/c1-4-14(3)26-15-9-10-18(13(2)11-15)23-21(25)17-12-22-19-8-6-5-7-16(19)20(17)24/h5-12,14H,4H2,1-3H3,(H,22,24)(H,23,25). The van der Waals surface area contributed by atoms with E-state index in [1.165, 1.54) is 11.1 Å². The molecule has 5 heteroatoms. The van der Waals surface area contributed by atoms with Gasteiger partial charge in [-0.05, 0) is 49.2 Å². The largest absolute Gasteiger partial charge is 0.360 e. The fourth-order valence-electron chi connectivity index (χ4n) is 2.69. The predicted octanol–water partition coefficient (Wildman–Crippen LogP) is 4.98. The Morgan fingerprint density at radius 3 is 2.73 bits per heavy atom. The number of carbonyl (C=O) groups is 1. The van der Waals surface area contributed by atoms with E-state index in [0.29, 0.717) is 10.6 Å². The number of hydrogen-bond donors (Lipinski definition) is 2. The quantitative estimate of drug-likeness (QED) is 0.626. The summed E-state index contributed by atoms with van der Waals surface area (Å²) in [7, 11) is 0. The molecule has 1 atom stereocenters. The number of amides is 1. The predicted molar refractivity (Wildman–Crippen MR) is 109 cm³/mol. The number of fused-ring (bicyclic) bond motifs is 1. The molecule has 0 bridgehead atoms. The molecule has 1 unspecified atom stereocenters. The van der Waals surface area contributed by atoms with Crippen molar-refractivity contribution in [2.75, 3.05) is 5.32 Å². The summed E-state index contributed by atoms with van der Waals surface area (Å²) >= 11 is 1.82. The molecule has 1 aromatic heterocycles. The van der Waals surface area contributed by atoms with Gasteiger partial charge in [0.25, 0.3) is 5.91 Å². The number of H-pyrrole nitrogens is 1. The second-order valence-electron chi connectivity index (χ2n) is 6.34. The summed E-state index contributed by atoms with van der Waals surface area (Å²) in [5, 5.41) is 3.92. The summed E-state index contributed by atoms with van der Waals surface area (Å²) in [6.45, 7) is 6.32. The molecule has 1 heterocycles. The fourth-order valence-corrected chi connectivity index (χ4v) is 3.71. The third-order valence-corrected chi connectivity index (χ3v) is 5.65. The monoisotopic (exact) mass is 366 g/mol. The maximum atomic E-state index is 12.6. The molecule has 0 saturated heterocycles. The van der Waals surface area contributed by atoms with Gasteiger partial charge in [0, 0.05) is 32.9 Å². The highest BCUT2D eigenvalue weighted by atomic mass is 32.2. The number of pyridine rings is 1. The molecule has 0 saturated carbocycles. The van der Waals surface area contributed by atoms with Gasteiger partial charge in [-0.25, -0.2) is 0 Å². The van der Waals surface area contributed by atoms with Gasteiger partial charge in [-0.1, -0.05) is 26.0 Å². The summed E-state index contributed by atoms with van der Waals surface area (Å²) in [6, 6.07) is 13.1. The Morgan fingerprint density at radius 1 is 1.23 bits per heavy atom. The molecular weight excluding hydrogens is 344 g/mol. The lowest BCUT2D eigenvalue weighted by Crippen LogP contribution is -2.22. The zero-order valence-corrected chi connectivity index (χ0v) is 15.9. The number of hydrogen-bond acceptors (Lipinski definition) is 3. The van der Waals surface area contributed by atoms with Crippen LogP contribution in [-0.4, -0.2) is 16.1 Å². The molecule has 134 valence electrons. The van der Waals surface area contributed by atoms with Crippen LogP contribution in [0.1, 0.15) is 36.2 Å². The van der Waals surface area contributed by atoms with Crippen molar-refractivity contribution in [3.63, 3.8) is 0 Å². The highest BCUT2D eigenvalue weighted by Gasteiger charge is 2.14. The maximum absolute atomic E-state index is 12.6. The van der Waals surface area contributed by atoms with Crippen molar-refractivity contribution in [1.29, 1.82) is 0 Å². The molecule has 1 amide bonds. The van der Waals surface area contributed by atoms with Crippen molar-refractivity contribution < 1.29 is 4.79 Å². The normalized spacial score (nSPS) is 12.1. The first kappa shape index (κ1) is 18.3. The zero-order valence-electron chi connectivity index (χ0n) is 15.1. The van der Waals surface area contributed by atoms with Crippen LogP contribution in [0.15, 0.2) is 58.4 Å². The van der Waals surface area contributed by atoms with E-state index in [2.05, 4.69) is 30.2 Å². The number of carbonyl (C=O) groups excluding carboxylic acids is 1. The second kappa shape index (κ2) is 7.79. The van der Waals surface area contributed by atoms with Crippen molar-refractivity contribution in [1.82, 2.24) is 4.98 Å². The van der Waals surface area contributed by atoms with E-state index in [1.807, 2.05) is 43.0 Å². The van der Waals surface area contributed by atoms with Crippen molar-refractivity contribution >= 4 is 34.3 Å². The number of nitrogens with one attached hydrogen (secondary N) is 2. The number of benzene rings is 2. The molecule has 0 fully saturated rings. The van der Waals surface area contributed by atoms with Crippen LogP contribution in [0, 0.1) is 6.92 Å². The molecule has 0 radical (unpaired) electrons. The molecular formula is C21H22N2O2S. The minimum atomic E-state index is -0.401. The lowest BCUT2D eigenvalue weighted by molar-refractivity contribution is 0.102. The molecule has 3 rings (SSSR count). The number of aromatic amines is 1. The fraction of sp³-hybridized carbons (Fsp3) is 0.238. The van der Waals surface area contributed by atoms with Crippen molar-refractivity contribution in [2.24, 2.45) is 0 Å². The molecule has 3 aromatic rings. The topological polar surface area (TPSA) is 62.0 Å². The molecule has 2 aromatic carbocycles. The van der Waals surface area contributed by atoms with E-state index in [1.54, 1.807) is 12.1 Å². The van der Waals surface area contributed by atoms with E-state index < -0.39 is 5.91 Å². The van der Waals surface area contributed by atoms with Gasteiger partial charge in [0.05, 0.1) is 0 Å². The van der Waals surface area contributed by atoms with Crippen LogP contribution in [-0.2, 0) is 0 Å². The Labute approximate surface area is 157 Å². The van der Waals surface area contributed by atoms with Gasteiger partial charge in [-0.2, -0.15) is 0 Å². The lowest BCUT2D eigenvalue weighted by Gasteiger charge is -2.12. The van der Waals surface area contributed by atoms with Crippen LogP contribution >= 0.6 is 11.8 Å². The van der Waals surface area contributed by atoms with Crippen LogP contribution in [0.3, 0.4) is 0 Å². The minimum Gasteiger partial charge on any atom is -0.360 e. The van der Waals surface area contributed by atoms with E-state index in [0.717, 1.165) is 23.2 Å². The van der Waals surface area contributed by atoms with Gasteiger partial charge >= 0.3 is 0 Å². The molecule has 0 aliphatic heterocycles. The second-order valence-corrected chi connectivity index (χ2v) is 7.86. The summed E-state index contributed by atoms with van der Waals surface area (Å²) < 4.78 is 0. The Hall–Kier alpha value is -2.53. The van der Waals surface area contributed by atoms with E-state index >= 15 is 0 Å². The SMILES string of the molecule is CCC(C)Sc1ccc(NC(=O)c2c[nH]c3ccccc3c2=O)c(C)c1. The van der Waals surface area contributed by atoms with Crippen LogP contribution in [0.25, 0.3) is 10.9 Å². The highest BCUT2D eigenvalue weighted by Crippen LogP contribution is 2.28. The van der Waals surface area contributed by atoms with Crippen molar-refractivity contribution in [3.05, 3.63) is 70.0 Å². The van der Waals surface area contributed by atoms with Gasteiger partial charge in [0.1, 0.15) is 5.56 Å². The van der Waals surface area contributed by atoms with Crippen LogP contribution in [0.2, 0.25) is 0 Å². The zero-order chi connectivity index (χ0) is 18.7. The molecule has 26 heavy (non-hydrogen) atoms. The number of aryl methyl sites for hydroxylation is 1. The van der Waals surface area contributed by atoms with Gasteiger partial charge in [0.15, 0.2) is 0 Å². The molecule has 2 N–H and O–H groups in total. The Balaban J connectivity index is 1.84. The highest BCUT2D eigenvalue weighted by molar-refractivity contribution is 7.99. The third kappa shape index (κ3) is 3.83. The van der Waals surface area contributed by atoms with E-state index in [9.17, 15) is 9.59 Å². The molecule has 4 nitrogen and oxygen atoms in total. The summed E-state index contributed by atoms with van der Waals surface area (Å²) in [6.07, 6.45) is 2.58. The number of para-hydroxylation sites is 1. The average molecular weight is 366 g/mol. The number of aromatic nitrogens is 1. The summed E-state index contributed by atoms with van der Waals surface area (Å²) in [5.41, 5.74) is 2.26. The molecule has 0 aliphatic carbocycles. The first-order valence-corrected chi connectivity index (χ1v) is 9.56. The lowest BCUT2D eigenvalue weighted by atomic mass is 10.1. The van der Waals surface area contributed by atoms with Gasteiger partial charge in [-0.3, -0.25) is 9.59 Å². The number of thioether (sulfide) groups is 1. The first-order chi connectivity index (χ1) is 12.5. The minimum absolute atomic E-state index is 0.112.